The topological polar surface area (TPSA) is 32.9 Å². The first kappa shape index (κ1) is 9.99. The molecule has 2 rings (SSSR count). The number of aldehydes is 1. The van der Waals surface area contributed by atoms with E-state index in [4.69, 9.17) is 11.6 Å². The monoisotopic (exact) mass is 219 g/mol. The van der Waals surface area contributed by atoms with Crippen LogP contribution in [0.5, 0.6) is 0 Å². The van der Waals surface area contributed by atoms with Crippen LogP contribution in [0.25, 0.3) is 17.0 Å². The van der Waals surface area contributed by atoms with Crippen LogP contribution in [0.4, 0.5) is 0 Å². The maximum Gasteiger partial charge on any atom is 0.152 e. The molecule has 0 saturated heterocycles. The standard InChI is InChI=1S/C12H10ClNO/c13-6-2-4-9-3-1-5-11-12(9)10(8-15)7-14-11/h1-5,7-8,14H,6H2. The van der Waals surface area contributed by atoms with Gasteiger partial charge in [-0.15, -0.1) is 11.6 Å². The highest BCUT2D eigenvalue weighted by atomic mass is 35.5. The van der Waals surface area contributed by atoms with E-state index in [0.29, 0.717) is 11.4 Å². The van der Waals surface area contributed by atoms with Crippen LogP contribution in [0, 0.1) is 0 Å². The second kappa shape index (κ2) is 4.32. The number of carbonyl (C=O) groups is 1. The molecule has 0 radical (unpaired) electrons. The molecule has 0 saturated carbocycles. The molecule has 1 N–H and O–H groups in total. The largest absolute Gasteiger partial charge is 0.360 e. The molecule has 1 aromatic carbocycles. The second-order valence-corrected chi connectivity index (χ2v) is 3.50. The quantitative estimate of drug-likeness (QED) is 0.624. The maximum absolute atomic E-state index is 10.8. The van der Waals surface area contributed by atoms with Crippen LogP contribution < -0.4 is 0 Å². The molecular formula is C12H10ClNO. The maximum atomic E-state index is 10.8. The van der Waals surface area contributed by atoms with Crippen LogP contribution in [-0.4, -0.2) is 17.2 Å². The number of hydrogen-bond donors (Lipinski definition) is 1. The summed E-state index contributed by atoms with van der Waals surface area (Å²) in [5, 5.41) is 0.953. The van der Waals surface area contributed by atoms with Gasteiger partial charge in [0.15, 0.2) is 6.29 Å². The first-order chi connectivity index (χ1) is 7.36. The number of aromatic nitrogens is 1. The third-order valence-electron chi connectivity index (χ3n) is 2.28. The molecule has 0 fully saturated rings. The van der Waals surface area contributed by atoms with Gasteiger partial charge in [0.05, 0.1) is 0 Å². The average Bonchev–Trinajstić information content (AvgIpc) is 2.69. The number of H-pyrrole nitrogens is 1. The summed E-state index contributed by atoms with van der Waals surface area (Å²) in [7, 11) is 0. The molecule has 1 heterocycles. The Morgan fingerprint density at radius 2 is 2.20 bits per heavy atom. The van der Waals surface area contributed by atoms with Gasteiger partial charge in [-0.2, -0.15) is 0 Å². The lowest BCUT2D eigenvalue weighted by Gasteiger charge is -1.97. The van der Waals surface area contributed by atoms with E-state index in [1.807, 2.05) is 30.4 Å². The summed E-state index contributed by atoms with van der Waals surface area (Å²) in [6.45, 7) is 0. The van der Waals surface area contributed by atoms with Crippen molar-refractivity contribution in [2.45, 2.75) is 0 Å². The molecular weight excluding hydrogens is 210 g/mol. The molecule has 0 bridgehead atoms. The van der Waals surface area contributed by atoms with Gasteiger partial charge in [-0.05, 0) is 11.6 Å². The molecule has 0 aliphatic heterocycles. The van der Waals surface area contributed by atoms with Gasteiger partial charge in [0.1, 0.15) is 0 Å². The van der Waals surface area contributed by atoms with Crippen LogP contribution in [0.2, 0.25) is 0 Å². The van der Waals surface area contributed by atoms with Crippen molar-refractivity contribution in [2.75, 3.05) is 5.88 Å². The van der Waals surface area contributed by atoms with Crippen LogP contribution >= 0.6 is 11.6 Å². The van der Waals surface area contributed by atoms with Crippen molar-refractivity contribution in [1.29, 1.82) is 0 Å². The summed E-state index contributed by atoms with van der Waals surface area (Å²) in [5.74, 6) is 0.469. The minimum absolute atomic E-state index is 0.469. The minimum atomic E-state index is 0.469. The van der Waals surface area contributed by atoms with Crippen molar-refractivity contribution >= 4 is 34.9 Å². The second-order valence-electron chi connectivity index (χ2n) is 3.19. The summed E-state index contributed by atoms with van der Waals surface area (Å²) < 4.78 is 0. The number of fused-ring (bicyclic) bond motifs is 1. The summed E-state index contributed by atoms with van der Waals surface area (Å²) in [6.07, 6.45) is 6.36. The van der Waals surface area contributed by atoms with Crippen molar-refractivity contribution in [3.63, 3.8) is 0 Å². The van der Waals surface area contributed by atoms with Gasteiger partial charge < -0.3 is 4.98 Å². The van der Waals surface area contributed by atoms with Gasteiger partial charge in [0.25, 0.3) is 0 Å². The SMILES string of the molecule is O=Cc1c[nH]c2cccc(C=CCCl)c12. The molecule has 3 heteroatoms. The summed E-state index contributed by atoms with van der Waals surface area (Å²) >= 11 is 5.59. The van der Waals surface area contributed by atoms with Crippen LogP contribution in [0.3, 0.4) is 0 Å². The highest BCUT2D eigenvalue weighted by molar-refractivity contribution is 6.19. The predicted molar refractivity (Wildman–Crippen MR) is 63.4 cm³/mol. The predicted octanol–water partition coefficient (Wildman–Crippen LogP) is 3.23. The van der Waals surface area contributed by atoms with E-state index in [2.05, 4.69) is 4.98 Å². The van der Waals surface area contributed by atoms with E-state index in [-0.39, 0.29) is 0 Å². The zero-order valence-electron chi connectivity index (χ0n) is 8.03. The van der Waals surface area contributed by atoms with Crippen LogP contribution in [0.1, 0.15) is 15.9 Å². The first-order valence-corrected chi connectivity index (χ1v) is 5.18. The lowest BCUT2D eigenvalue weighted by Crippen LogP contribution is -1.80. The van der Waals surface area contributed by atoms with Gasteiger partial charge in [0.2, 0.25) is 0 Å². The molecule has 0 aliphatic rings. The number of hydrogen-bond acceptors (Lipinski definition) is 1. The average molecular weight is 220 g/mol. The van der Waals surface area contributed by atoms with Gasteiger partial charge >= 0.3 is 0 Å². The Balaban J connectivity index is 2.66. The summed E-state index contributed by atoms with van der Waals surface area (Å²) in [4.78, 5) is 13.9. The number of rotatable bonds is 3. The Labute approximate surface area is 92.6 Å². The molecule has 2 aromatic rings. The fourth-order valence-electron chi connectivity index (χ4n) is 1.64. The Morgan fingerprint density at radius 1 is 1.33 bits per heavy atom. The van der Waals surface area contributed by atoms with E-state index >= 15 is 0 Å². The first-order valence-electron chi connectivity index (χ1n) is 4.64. The number of halogens is 1. The number of benzene rings is 1. The minimum Gasteiger partial charge on any atom is -0.360 e. The van der Waals surface area contributed by atoms with Crippen molar-refractivity contribution < 1.29 is 4.79 Å². The molecule has 0 unspecified atom stereocenters. The molecule has 0 amide bonds. The molecule has 0 atom stereocenters. The number of nitrogens with one attached hydrogen (secondary N) is 1. The van der Waals surface area contributed by atoms with Crippen molar-refractivity contribution in [1.82, 2.24) is 4.98 Å². The Hall–Kier alpha value is -1.54. The zero-order valence-corrected chi connectivity index (χ0v) is 8.79. The van der Waals surface area contributed by atoms with Gasteiger partial charge in [-0.25, -0.2) is 0 Å². The van der Waals surface area contributed by atoms with Crippen molar-refractivity contribution in [3.8, 4) is 0 Å². The normalized spacial score (nSPS) is 11.3. The zero-order chi connectivity index (χ0) is 10.7. The number of alkyl halides is 1. The van der Waals surface area contributed by atoms with E-state index < -0.39 is 0 Å². The smallest absolute Gasteiger partial charge is 0.152 e. The molecule has 0 spiro atoms. The Morgan fingerprint density at radius 3 is 2.93 bits per heavy atom. The molecule has 2 nitrogen and oxygen atoms in total. The third kappa shape index (κ3) is 1.81. The lowest BCUT2D eigenvalue weighted by atomic mass is 10.1. The number of carbonyl (C=O) groups excluding carboxylic acids is 1. The molecule has 0 aliphatic carbocycles. The molecule has 1 aromatic heterocycles. The number of aromatic amines is 1. The van der Waals surface area contributed by atoms with Gasteiger partial charge in [-0.1, -0.05) is 24.3 Å². The fourth-order valence-corrected chi connectivity index (χ4v) is 1.73. The molecule has 76 valence electrons. The molecule has 15 heavy (non-hydrogen) atoms. The highest BCUT2D eigenvalue weighted by Crippen LogP contribution is 2.22. The fraction of sp³-hybridized carbons (Fsp3) is 0.0833. The van der Waals surface area contributed by atoms with Crippen LogP contribution in [0.15, 0.2) is 30.5 Å². The number of allylic oxidation sites excluding steroid dienone is 1. The van der Waals surface area contributed by atoms with E-state index in [1.54, 1.807) is 6.20 Å². The lowest BCUT2D eigenvalue weighted by molar-refractivity contribution is 0.112. The third-order valence-corrected chi connectivity index (χ3v) is 2.46. The Kier molecular flexibility index (Phi) is 2.88. The van der Waals surface area contributed by atoms with E-state index in [0.717, 1.165) is 22.8 Å². The highest BCUT2D eigenvalue weighted by Gasteiger charge is 2.05. The van der Waals surface area contributed by atoms with Crippen molar-refractivity contribution in [2.24, 2.45) is 0 Å². The van der Waals surface area contributed by atoms with Gasteiger partial charge in [-0.3, -0.25) is 4.79 Å². The van der Waals surface area contributed by atoms with Crippen LogP contribution in [-0.2, 0) is 0 Å². The van der Waals surface area contributed by atoms with Gasteiger partial charge in [0, 0.05) is 28.5 Å². The van der Waals surface area contributed by atoms with Crippen molar-refractivity contribution in [3.05, 3.63) is 41.6 Å². The summed E-state index contributed by atoms with van der Waals surface area (Å²) in [5.41, 5.74) is 2.66. The van der Waals surface area contributed by atoms with E-state index in [9.17, 15) is 4.79 Å². The Bertz CT molecular complexity index is 513. The summed E-state index contributed by atoms with van der Waals surface area (Å²) in [6, 6.07) is 5.86. The van der Waals surface area contributed by atoms with E-state index in [1.165, 1.54) is 0 Å².